The molecule has 0 atom stereocenters. The lowest BCUT2D eigenvalue weighted by atomic mass is 9.96. The van der Waals surface area contributed by atoms with Crippen LogP contribution in [-0.4, -0.2) is 38.5 Å². The minimum absolute atomic E-state index is 0.266. The number of rotatable bonds is 5. The number of aryl methyl sites for hydroxylation is 1. The van der Waals surface area contributed by atoms with Crippen molar-refractivity contribution in [2.45, 2.75) is 39.0 Å². The van der Waals surface area contributed by atoms with Crippen LogP contribution >= 0.6 is 0 Å². The van der Waals surface area contributed by atoms with Gasteiger partial charge in [-0.25, -0.2) is 14.8 Å². The highest BCUT2D eigenvalue weighted by Crippen LogP contribution is 2.28. The number of ether oxygens (including phenoxy) is 1. The second kappa shape index (κ2) is 7.99. The van der Waals surface area contributed by atoms with Crippen molar-refractivity contribution < 1.29 is 14.6 Å². The summed E-state index contributed by atoms with van der Waals surface area (Å²) in [4.78, 5) is 33.6. The Morgan fingerprint density at radius 1 is 1.16 bits per heavy atom. The second-order valence-electron chi connectivity index (χ2n) is 8.41. The standard InChI is InChI=1S/C22H27N5O4/c1-21(2,30)14-9-7-13(8-10-14)15-11-16-17(19(28)27(5)12-23-16)18(24-15)25-22(3,4)26-20(29)31-6/h7-12,30H,1-6H3,(H,24,25)(H,26,29). The van der Waals surface area contributed by atoms with Crippen LogP contribution in [0.25, 0.3) is 22.2 Å². The van der Waals surface area contributed by atoms with Crippen molar-refractivity contribution in [3.8, 4) is 11.3 Å². The molecule has 3 aromatic rings. The maximum absolute atomic E-state index is 12.8. The quantitative estimate of drug-likeness (QED) is 0.538. The molecule has 0 bridgehead atoms. The predicted molar refractivity (Wildman–Crippen MR) is 119 cm³/mol. The molecule has 0 aliphatic rings. The molecule has 3 rings (SSSR count). The summed E-state index contributed by atoms with van der Waals surface area (Å²) in [5.41, 5.74) is 0.433. The summed E-state index contributed by atoms with van der Waals surface area (Å²) >= 11 is 0. The van der Waals surface area contributed by atoms with Gasteiger partial charge in [-0.05, 0) is 39.3 Å². The number of pyridine rings is 1. The van der Waals surface area contributed by atoms with E-state index in [0.29, 0.717) is 16.6 Å². The molecule has 164 valence electrons. The van der Waals surface area contributed by atoms with Crippen LogP contribution in [0.1, 0.15) is 33.3 Å². The van der Waals surface area contributed by atoms with Crippen LogP contribution in [0.4, 0.5) is 10.6 Å². The van der Waals surface area contributed by atoms with Gasteiger partial charge in [0.05, 0.1) is 30.2 Å². The number of benzene rings is 1. The Morgan fingerprint density at radius 2 is 1.81 bits per heavy atom. The monoisotopic (exact) mass is 425 g/mol. The molecule has 3 N–H and O–H groups in total. The van der Waals surface area contributed by atoms with Crippen LogP contribution < -0.4 is 16.2 Å². The van der Waals surface area contributed by atoms with E-state index in [4.69, 9.17) is 0 Å². The molecule has 2 heterocycles. The Morgan fingerprint density at radius 3 is 2.39 bits per heavy atom. The Hall–Kier alpha value is -3.46. The van der Waals surface area contributed by atoms with E-state index in [0.717, 1.165) is 11.1 Å². The molecule has 31 heavy (non-hydrogen) atoms. The molecule has 9 heteroatoms. The summed E-state index contributed by atoms with van der Waals surface area (Å²) in [6.45, 7) is 6.88. The fraction of sp³-hybridized carbons (Fsp3) is 0.364. The van der Waals surface area contributed by atoms with E-state index in [1.807, 2.05) is 24.3 Å². The average Bonchev–Trinajstić information content (AvgIpc) is 2.69. The van der Waals surface area contributed by atoms with Crippen LogP contribution in [0.5, 0.6) is 0 Å². The van der Waals surface area contributed by atoms with Crippen LogP contribution in [0, 0.1) is 0 Å². The van der Waals surface area contributed by atoms with Crippen LogP contribution in [-0.2, 0) is 17.4 Å². The number of anilines is 1. The number of hydrogen-bond acceptors (Lipinski definition) is 7. The van der Waals surface area contributed by atoms with Gasteiger partial charge in [-0.1, -0.05) is 24.3 Å². The summed E-state index contributed by atoms with van der Waals surface area (Å²) in [5.74, 6) is 0.286. The number of hydrogen-bond donors (Lipinski definition) is 3. The van der Waals surface area contributed by atoms with Gasteiger partial charge in [-0.3, -0.25) is 10.1 Å². The normalized spacial score (nSPS) is 12.0. The minimum atomic E-state index is -0.961. The fourth-order valence-corrected chi connectivity index (χ4v) is 3.14. The molecule has 1 amide bonds. The van der Waals surface area contributed by atoms with Gasteiger partial charge in [-0.2, -0.15) is 0 Å². The van der Waals surface area contributed by atoms with E-state index in [-0.39, 0.29) is 11.4 Å². The Balaban J connectivity index is 2.14. The van der Waals surface area contributed by atoms with Gasteiger partial charge >= 0.3 is 6.09 Å². The van der Waals surface area contributed by atoms with E-state index in [1.165, 1.54) is 18.0 Å². The first-order chi connectivity index (χ1) is 14.4. The number of amides is 1. The smallest absolute Gasteiger partial charge is 0.408 e. The van der Waals surface area contributed by atoms with E-state index in [2.05, 4.69) is 25.3 Å². The van der Waals surface area contributed by atoms with Crippen molar-refractivity contribution in [1.29, 1.82) is 0 Å². The Labute approximate surface area is 180 Å². The second-order valence-corrected chi connectivity index (χ2v) is 8.41. The maximum Gasteiger partial charge on any atom is 0.408 e. The summed E-state index contributed by atoms with van der Waals surface area (Å²) in [6, 6.07) is 9.10. The minimum Gasteiger partial charge on any atom is -0.453 e. The van der Waals surface area contributed by atoms with Crippen molar-refractivity contribution in [3.63, 3.8) is 0 Å². The zero-order valence-electron chi connectivity index (χ0n) is 18.5. The van der Waals surface area contributed by atoms with Gasteiger partial charge in [0.2, 0.25) is 0 Å². The summed E-state index contributed by atoms with van der Waals surface area (Å²) in [7, 11) is 2.89. The number of carbonyl (C=O) groups excluding carboxylic acids is 1. The number of carbonyl (C=O) groups is 1. The zero-order chi connectivity index (χ0) is 23.0. The van der Waals surface area contributed by atoms with Gasteiger partial charge in [0, 0.05) is 12.6 Å². The lowest BCUT2D eigenvalue weighted by Gasteiger charge is -2.28. The predicted octanol–water partition coefficient (Wildman–Crippen LogP) is 2.73. The Kier molecular flexibility index (Phi) is 5.73. The lowest BCUT2D eigenvalue weighted by Crippen LogP contribution is -2.49. The van der Waals surface area contributed by atoms with Gasteiger partial charge in [0.1, 0.15) is 16.9 Å². The van der Waals surface area contributed by atoms with Gasteiger partial charge < -0.3 is 19.7 Å². The van der Waals surface area contributed by atoms with Gasteiger partial charge in [-0.15, -0.1) is 0 Å². The Bertz CT molecular complexity index is 1180. The van der Waals surface area contributed by atoms with Crippen LogP contribution in [0.3, 0.4) is 0 Å². The van der Waals surface area contributed by atoms with Crippen molar-refractivity contribution >= 4 is 22.8 Å². The molecule has 0 aliphatic heterocycles. The van der Waals surface area contributed by atoms with E-state index >= 15 is 0 Å². The van der Waals surface area contributed by atoms with Crippen molar-refractivity contribution in [2.24, 2.45) is 7.05 Å². The third kappa shape index (κ3) is 4.83. The van der Waals surface area contributed by atoms with Gasteiger partial charge in [0.25, 0.3) is 5.56 Å². The lowest BCUT2D eigenvalue weighted by molar-refractivity contribution is 0.0786. The number of methoxy groups -OCH3 is 1. The van der Waals surface area contributed by atoms with E-state index in [9.17, 15) is 14.7 Å². The van der Waals surface area contributed by atoms with Crippen molar-refractivity contribution in [1.82, 2.24) is 19.9 Å². The van der Waals surface area contributed by atoms with E-state index in [1.54, 1.807) is 40.8 Å². The summed E-state index contributed by atoms with van der Waals surface area (Å²) < 4.78 is 6.05. The first-order valence-corrected chi connectivity index (χ1v) is 9.75. The number of aromatic nitrogens is 3. The van der Waals surface area contributed by atoms with E-state index < -0.39 is 17.4 Å². The van der Waals surface area contributed by atoms with Crippen molar-refractivity contribution in [3.05, 3.63) is 52.6 Å². The molecule has 0 aliphatic carbocycles. The van der Waals surface area contributed by atoms with Crippen molar-refractivity contribution in [2.75, 3.05) is 12.4 Å². The molecule has 0 fully saturated rings. The molecular weight excluding hydrogens is 398 g/mol. The number of fused-ring (bicyclic) bond motifs is 1. The number of nitrogens with one attached hydrogen (secondary N) is 2. The molecule has 0 radical (unpaired) electrons. The molecule has 1 aromatic carbocycles. The summed E-state index contributed by atoms with van der Waals surface area (Å²) in [6.07, 6.45) is 0.833. The fourth-order valence-electron chi connectivity index (χ4n) is 3.14. The topological polar surface area (TPSA) is 118 Å². The van der Waals surface area contributed by atoms with Crippen LogP contribution in [0.2, 0.25) is 0 Å². The first-order valence-electron chi connectivity index (χ1n) is 9.75. The number of aliphatic hydroxyl groups is 1. The molecular formula is C22H27N5O4. The average molecular weight is 425 g/mol. The molecule has 0 saturated carbocycles. The molecule has 0 unspecified atom stereocenters. The number of nitrogens with zero attached hydrogens (tertiary/aromatic N) is 3. The highest BCUT2D eigenvalue weighted by atomic mass is 16.5. The van der Waals surface area contributed by atoms with Gasteiger partial charge in [0.15, 0.2) is 0 Å². The number of alkyl carbamates (subject to hydrolysis) is 1. The molecule has 2 aromatic heterocycles. The summed E-state index contributed by atoms with van der Waals surface area (Å²) in [5, 5.41) is 16.3. The maximum atomic E-state index is 12.8. The zero-order valence-corrected chi connectivity index (χ0v) is 18.5. The third-order valence-electron chi connectivity index (χ3n) is 4.82. The largest absolute Gasteiger partial charge is 0.453 e. The van der Waals surface area contributed by atoms with Crippen LogP contribution in [0.15, 0.2) is 41.5 Å². The molecule has 0 saturated heterocycles. The first kappa shape index (κ1) is 22.2. The SMILES string of the molecule is COC(=O)NC(C)(C)Nc1nc(-c2ccc(C(C)(C)O)cc2)cc2ncn(C)c(=O)c12. The highest BCUT2D eigenvalue weighted by Gasteiger charge is 2.24. The highest BCUT2D eigenvalue weighted by molar-refractivity contribution is 5.91. The molecule has 9 nitrogen and oxygen atoms in total. The third-order valence-corrected chi connectivity index (χ3v) is 4.82. The molecule has 0 spiro atoms.